The molecule has 0 aliphatic carbocycles. The summed E-state index contributed by atoms with van der Waals surface area (Å²) in [6.45, 7) is 7.88. The Bertz CT molecular complexity index is 1760. The molecule has 1 atom stereocenters. The van der Waals surface area contributed by atoms with Crippen LogP contribution in [0.5, 0.6) is 0 Å². The van der Waals surface area contributed by atoms with E-state index in [9.17, 15) is 9.59 Å². The monoisotopic (exact) mass is 607 g/mol. The van der Waals surface area contributed by atoms with E-state index in [4.69, 9.17) is 9.97 Å². The van der Waals surface area contributed by atoms with Crippen LogP contribution in [0.15, 0.2) is 71.7 Å². The Morgan fingerprint density at radius 2 is 1.82 bits per heavy atom. The zero-order valence-corrected chi connectivity index (χ0v) is 26.5. The van der Waals surface area contributed by atoms with Crippen molar-refractivity contribution in [3.8, 4) is 11.3 Å². The highest BCUT2D eigenvalue weighted by Crippen LogP contribution is 2.28. The zero-order chi connectivity index (χ0) is 31.5. The zero-order valence-electron chi connectivity index (χ0n) is 26.5. The summed E-state index contributed by atoms with van der Waals surface area (Å²) in [6.07, 6.45) is 5.79. The van der Waals surface area contributed by atoms with Crippen molar-refractivity contribution in [2.75, 3.05) is 77.2 Å². The summed E-state index contributed by atoms with van der Waals surface area (Å²) in [7, 11) is 6.08. The molecule has 2 fully saturated rings. The standard InChI is InChI=1S/C34H41N9O2/c1-24-21-26(12-13-29(24)41-19-17-40(4)18-20-41)36-34-35-22-28-32(38-34)43(33(45)31(37-28)25-9-6-5-7-10-25)27-14-16-42(23-27)30(44)11-8-15-39(2)3/h5-13,21-22,27H,14-20,23H2,1-4H3,(H,35,36,38). The average molecular weight is 608 g/mol. The van der Waals surface area contributed by atoms with Crippen LogP contribution in [-0.2, 0) is 4.79 Å². The van der Waals surface area contributed by atoms with E-state index in [-0.39, 0.29) is 17.5 Å². The lowest BCUT2D eigenvalue weighted by Crippen LogP contribution is -2.44. The summed E-state index contributed by atoms with van der Waals surface area (Å²) in [5.74, 6) is 0.329. The molecule has 2 saturated heterocycles. The second-order valence-electron chi connectivity index (χ2n) is 12.2. The summed E-state index contributed by atoms with van der Waals surface area (Å²) < 4.78 is 1.72. The molecule has 2 aliphatic heterocycles. The molecule has 11 nitrogen and oxygen atoms in total. The summed E-state index contributed by atoms with van der Waals surface area (Å²) >= 11 is 0. The van der Waals surface area contributed by atoms with E-state index in [1.54, 1.807) is 21.7 Å². The van der Waals surface area contributed by atoms with Gasteiger partial charge in [-0.15, -0.1) is 0 Å². The molecule has 234 valence electrons. The fourth-order valence-electron chi connectivity index (χ4n) is 6.07. The van der Waals surface area contributed by atoms with Crippen LogP contribution in [0.4, 0.5) is 17.3 Å². The Morgan fingerprint density at radius 1 is 1.04 bits per heavy atom. The van der Waals surface area contributed by atoms with Gasteiger partial charge in [-0.2, -0.15) is 4.98 Å². The molecule has 1 N–H and O–H groups in total. The number of likely N-dealkylation sites (tertiary alicyclic amines) is 1. The first-order valence-electron chi connectivity index (χ1n) is 15.5. The van der Waals surface area contributed by atoms with Gasteiger partial charge in [-0.1, -0.05) is 36.4 Å². The van der Waals surface area contributed by atoms with E-state index >= 15 is 0 Å². The highest BCUT2D eigenvalue weighted by molar-refractivity contribution is 5.88. The highest BCUT2D eigenvalue weighted by atomic mass is 16.2. The van der Waals surface area contributed by atoms with Crippen LogP contribution in [0.2, 0.25) is 0 Å². The number of hydrogen-bond acceptors (Lipinski definition) is 9. The van der Waals surface area contributed by atoms with Crippen molar-refractivity contribution in [1.29, 1.82) is 0 Å². The van der Waals surface area contributed by atoms with Crippen LogP contribution in [0, 0.1) is 6.92 Å². The van der Waals surface area contributed by atoms with Crippen LogP contribution in [-0.4, -0.2) is 107 Å². The number of fused-ring (bicyclic) bond motifs is 1. The van der Waals surface area contributed by atoms with Crippen molar-refractivity contribution >= 4 is 34.4 Å². The number of amides is 1. The van der Waals surface area contributed by atoms with Gasteiger partial charge in [0.15, 0.2) is 5.65 Å². The predicted octanol–water partition coefficient (Wildman–Crippen LogP) is 3.55. The molecule has 11 heteroatoms. The number of nitrogens with zero attached hydrogens (tertiary/aromatic N) is 8. The second-order valence-corrected chi connectivity index (χ2v) is 12.2. The largest absolute Gasteiger partial charge is 0.369 e. The molecular weight excluding hydrogens is 566 g/mol. The minimum absolute atomic E-state index is 0.0542. The van der Waals surface area contributed by atoms with E-state index in [0.29, 0.717) is 48.9 Å². The number of aromatic nitrogens is 4. The van der Waals surface area contributed by atoms with Crippen molar-refractivity contribution in [1.82, 2.24) is 34.2 Å². The molecule has 0 bridgehead atoms. The van der Waals surface area contributed by atoms with Gasteiger partial charge in [-0.05, 0) is 58.3 Å². The Balaban J connectivity index is 1.32. The number of nitrogens with one attached hydrogen (secondary N) is 1. The van der Waals surface area contributed by atoms with Gasteiger partial charge in [-0.3, -0.25) is 14.2 Å². The number of anilines is 3. The molecule has 4 heterocycles. The molecule has 1 amide bonds. The SMILES string of the molecule is Cc1cc(Nc2ncc3nc(-c4ccccc4)c(=O)n(C4CCN(C(=O)C=CCN(C)C)C4)c3n2)ccc1N1CCN(C)CC1. The first-order chi connectivity index (χ1) is 21.8. The lowest BCUT2D eigenvalue weighted by Gasteiger charge is -2.35. The van der Waals surface area contributed by atoms with Gasteiger partial charge in [-0.25, -0.2) is 9.97 Å². The van der Waals surface area contributed by atoms with Crippen LogP contribution in [0.25, 0.3) is 22.4 Å². The molecule has 0 saturated carbocycles. The quantitative estimate of drug-likeness (QED) is 0.301. The maximum absolute atomic E-state index is 14.1. The van der Waals surface area contributed by atoms with Crippen molar-refractivity contribution < 1.29 is 4.79 Å². The second kappa shape index (κ2) is 13.2. The van der Waals surface area contributed by atoms with Crippen molar-refractivity contribution in [2.45, 2.75) is 19.4 Å². The van der Waals surface area contributed by atoms with Crippen LogP contribution < -0.4 is 15.8 Å². The van der Waals surface area contributed by atoms with Gasteiger partial charge in [0.05, 0.1) is 12.2 Å². The van der Waals surface area contributed by atoms with Crippen LogP contribution in [0.3, 0.4) is 0 Å². The first kappa shape index (κ1) is 30.4. The topological polar surface area (TPSA) is 103 Å². The Kier molecular flexibility index (Phi) is 8.90. The Labute approximate surface area is 263 Å². The number of aryl methyl sites for hydroxylation is 1. The predicted molar refractivity (Wildman–Crippen MR) is 179 cm³/mol. The molecular formula is C34H41N9O2. The molecule has 2 aromatic carbocycles. The lowest BCUT2D eigenvalue weighted by atomic mass is 10.1. The van der Waals surface area contributed by atoms with Crippen LogP contribution in [0.1, 0.15) is 18.0 Å². The van der Waals surface area contributed by atoms with Gasteiger partial charge in [0.2, 0.25) is 11.9 Å². The molecule has 2 aliphatic rings. The minimum atomic E-state index is -0.246. The Hall–Kier alpha value is -4.61. The molecule has 0 spiro atoms. The van der Waals surface area contributed by atoms with Gasteiger partial charge < -0.3 is 24.9 Å². The number of benzene rings is 2. The molecule has 2 aromatic heterocycles. The lowest BCUT2D eigenvalue weighted by molar-refractivity contribution is -0.125. The van der Waals surface area contributed by atoms with Gasteiger partial charge >= 0.3 is 0 Å². The molecule has 6 rings (SSSR count). The molecule has 45 heavy (non-hydrogen) atoms. The molecule has 1 unspecified atom stereocenters. The van der Waals surface area contributed by atoms with E-state index in [1.165, 1.54) is 11.3 Å². The third-order valence-electron chi connectivity index (χ3n) is 8.55. The van der Waals surface area contributed by atoms with Crippen molar-refractivity contribution in [3.63, 3.8) is 0 Å². The fourth-order valence-corrected chi connectivity index (χ4v) is 6.07. The summed E-state index contributed by atoms with van der Waals surface area (Å²) in [6, 6.07) is 15.5. The number of rotatable bonds is 8. The number of likely N-dealkylation sites (N-methyl/N-ethyl adjacent to an activating group) is 2. The van der Waals surface area contributed by atoms with Crippen LogP contribution >= 0.6 is 0 Å². The maximum Gasteiger partial charge on any atom is 0.279 e. The molecule has 4 aromatic rings. The van der Waals surface area contributed by atoms with Gasteiger partial charge in [0.25, 0.3) is 5.56 Å². The van der Waals surface area contributed by atoms with E-state index in [0.717, 1.165) is 37.4 Å². The number of carbonyl (C=O) groups excluding carboxylic acids is 1. The minimum Gasteiger partial charge on any atom is -0.369 e. The highest BCUT2D eigenvalue weighted by Gasteiger charge is 2.30. The smallest absolute Gasteiger partial charge is 0.279 e. The summed E-state index contributed by atoms with van der Waals surface area (Å²) in [4.78, 5) is 49.8. The fraction of sp³-hybridized carbons (Fsp3) is 0.382. The first-order valence-corrected chi connectivity index (χ1v) is 15.5. The number of carbonyl (C=O) groups is 1. The van der Waals surface area contributed by atoms with E-state index < -0.39 is 0 Å². The van der Waals surface area contributed by atoms with Gasteiger partial charge in [0.1, 0.15) is 11.2 Å². The number of hydrogen-bond donors (Lipinski definition) is 1. The third kappa shape index (κ3) is 6.74. The van der Waals surface area contributed by atoms with E-state index in [2.05, 4.69) is 46.2 Å². The summed E-state index contributed by atoms with van der Waals surface area (Å²) in [5.41, 5.74) is 5.10. The normalized spacial score (nSPS) is 17.6. The van der Waals surface area contributed by atoms with Crippen molar-refractivity contribution in [2.24, 2.45) is 0 Å². The van der Waals surface area contributed by atoms with Gasteiger partial charge in [0, 0.05) is 68.8 Å². The number of piperazine rings is 1. The summed E-state index contributed by atoms with van der Waals surface area (Å²) in [5, 5.41) is 3.35. The molecule has 0 radical (unpaired) electrons. The average Bonchev–Trinajstić information content (AvgIpc) is 3.52. The maximum atomic E-state index is 14.1. The van der Waals surface area contributed by atoms with Crippen molar-refractivity contribution in [3.05, 3.63) is 82.8 Å². The Morgan fingerprint density at radius 3 is 2.56 bits per heavy atom. The van der Waals surface area contributed by atoms with E-state index in [1.807, 2.05) is 61.5 Å². The third-order valence-corrected chi connectivity index (χ3v) is 8.55.